The minimum absolute atomic E-state index is 0.206. The molecule has 0 saturated carbocycles. The number of carbonyl (C=O) groups is 2. The molecule has 108 valence electrons. The number of nitrogens with one attached hydrogen (secondary N) is 1. The molecule has 2 rings (SSSR count). The molecule has 1 aliphatic heterocycles. The average molecular weight is 298 g/mol. The molecular weight excluding hydrogens is 282 g/mol. The predicted octanol–water partition coefficient (Wildman–Crippen LogP) is 0.712. The predicted molar refractivity (Wildman–Crippen MR) is 73.6 cm³/mol. The van der Waals surface area contributed by atoms with Crippen molar-refractivity contribution in [3.05, 3.63) is 29.0 Å². The molecule has 1 fully saturated rings. The van der Waals surface area contributed by atoms with Gasteiger partial charge in [-0.1, -0.05) is 11.6 Å². The summed E-state index contributed by atoms with van der Waals surface area (Å²) in [5.41, 5.74) is 0.408. The minimum atomic E-state index is -0.605. The van der Waals surface area contributed by atoms with Crippen molar-refractivity contribution in [3.63, 3.8) is 0 Å². The van der Waals surface area contributed by atoms with Gasteiger partial charge in [0, 0.05) is 19.3 Å². The van der Waals surface area contributed by atoms with Gasteiger partial charge in [-0.05, 0) is 19.1 Å². The molecule has 0 radical (unpaired) electrons. The molecule has 1 saturated heterocycles. The average Bonchev–Trinajstić information content (AvgIpc) is 2.47. The maximum absolute atomic E-state index is 12.4. The molecule has 0 spiro atoms. The van der Waals surface area contributed by atoms with Gasteiger partial charge in [0.15, 0.2) is 0 Å². The Morgan fingerprint density at radius 1 is 1.55 bits per heavy atom. The maximum atomic E-state index is 12.4. The molecule has 7 heteroatoms. The number of hydrogen-bond acceptors (Lipinski definition) is 4. The van der Waals surface area contributed by atoms with Gasteiger partial charge in [-0.15, -0.1) is 0 Å². The van der Waals surface area contributed by atoms with Crippen LogP contribution in [0.5, 0.6) is 0 Å². The molecule has 1 aliphatic rings. The van der Waals surface area contributed by atoms with Crippen molar-refractivity contribution >= 4 is 23.4 Å². The zero-order valence-electron chi connectivity index (χ0n) is 11.1. The van der Waals surface area contributed by atoms with E-state index >= 15 is 0 Å². The van der Waals surface area contributed by atoms with Crippen LogP contribution in [0.2, 0.25) is 5.15 Å². The normalized spacial score (nSPS) is 18.7. The molecule has 1 aromatic heterocycles. The fraction of sp³-hybridized carbons (Fsp3) is 0.462. The lowest BCUT2D eigenvalue weighted by Crippen LogP contribution is -2.55. The summed E-state index contributed by atoms with van der Waals surface area (Å²) in [7, 11) is 0. The Labute approximate surface area is 122 Å². The summed E-state index contributed by atoms with van der Waals surface area (Å²) in [4.78, 5) is 29.8. The van der Waals surface area contributed by atoms with Gasteiger partial charge < -0.3 is 15.0 Å². The SMILES string of the molecule is CCNC(=O)C1COCCN1C(=O)c1ccc(Cl)nc1. The third-order valence-corrected chi connectivity index (χ3v) is 3.24. The molecule has 20 heavy (non-hydrogen) atoms. The summed E-state index contributed by atoms with van der Waals surface area (Å²) in [6, 6.07) is 2.55. The van der Waals surface area contributed by atoms with Gasteiger partial charge in [-0.2, -0.15) is 0 Å². The van der Waals surface area contributed by atoms with Crippen LogP contribution in [-0.2, 0) is 9.53 Å². The molecule has 1 N–H and O–H groups in total. The monoisotopic (exact) mass is 297 g/mol. The second-order valence-electron chi connectivity index (χ2n) is 4.35. The van der Waals surface area contributed by atoms with Crippen LogP contribution in [0.15, 0.2) is 18.3 Å². The third-order valence-electron chi connectivity index (χ3n) is 3.02. The van der Waals surface area contributed by atoms with Crippen LogP contribution in [-0.4, -0.2) is 54.0 Å². The lowest BCUT2D eigenvalue weighted by atomic mass is 10.1. The summed E-state index contributed by atoms with van der Waals surface area (Å²) < 4.78 is 5.29. The summed E-state index contributed by atoms with van der Waals surface area (Å²) in [5.74, 6) is -0.448. The van der Waals surface area contributed by atoms with Gasteiger partial charge >= 0.3 is 0 Å². The van der Waals surface area contributed by atoms with Crippen molar-refractivity contribution in [2.24, 2.45) is 0 Å². The Kier molecular flexibility index (Phi) is 4.92. The number of halogens is 1. The van der Waals surface area contributed by atoms with Crippen LogP contribution in [0, 0.1) is 0 Å². The van der Waals surface area contributed by atoms with Crippen LogP contribution in [0.4, 0.5) is 0 Å². The minimum Gasteiger partial charge on any atom is -0.377 e. The lowest BCUT2D eigenvalue weighted by Gasteiger charge is -2.34. The zero-order chi connectivity index (χ0) is 14.5. The molecule has 2 heterocycles. The highest BCUT2D eigenvalue weighted by Crippen LogP contribution is 2.14. The standard InChI is InChI=1S/C13H16ClN3O3/c1-2-15-12(18)10-8-20-6-5-17(10)13(19)9-3-4-11(14)16-7-9/h3-4,7,10H,2,5-6,8H2,1H3,(H,15,18). The zero-order valence-corrected chi connectivity index (χ0v) is 11.9. The topological polar surface area (TPSA) is 71.5 Å². The summed E-state index contributed by atoms with van der Waals surface area (Å²) in [5, 5.41) is 3.03. The van der Waals surface area contributed by atoms with Crippen molar-refractivity contribution in [2.75, 3.05) is 26.3 Å². The first-order chi connectivity index (χ1) is 9.63. The second kappa shape index (κ2) is 6.67. The van der Waals surface area contributed by atoms with Crippen LogP contribution in [0.1, 0.15) is 17.3 Å². The van der Waals surface area contributed by atoms with Gasteiger partial charge in [0.2, 0.25) is 5.91 Å². The number of pyridine rings is 1. The molecule has 0 aliphatic carbocycles. The largest absolute Gasteiger partial charge is 0.377 e. The Balaban J connectivity index is 2.16. The Morgan fingerprint density at radius 3 is 3.00 bits per heavy atom. The van der Waals surface area contributed by atoms with Crippen molar-refractivity contribution < 1.29 is 14.3 Å². The highest BCUT2D eigenvalue weighted by molar-refractivity contribution is 6.29. The number of carbonyl (C=O) groups excluding carboxylic acids is 2. The van der Waals surface area contributed by atoms with E-state index in [9.17, 15) is 9.59 Å². The first-order valence-electron chi connectivity index (χ1n) is 6.41. The van der Waals surface area contributed by atoms with E-state index in [0.717, 1.165) is 0 Å². The van der Waals surface area contributed by atoms with Gasteiger partial charge in [0.05, 0.1) is 18.8 Å². The Bertz CT molecular complexity index is 492. The van der Waals surface area contributed by atoms with E-state index in [2.05, 4.69) is 10.3 Å². The second-order valence-corrected chi connectivity index (χ2v) is 4.74. The van der Waals surface area contributed by atoms with E-state index in [4.69, 9.17) is 16.3 Å². The van der Waals surface area contributed by atoms with E-state index in [1.54, 1.807) is 12.1 Å². The number of rotatable bonds is 3. The summed E-state index contributed by atoms with van der Waals surface area (Å²) in [6.07, 6.45) is 1.41. The van der Waals surface area contributed by atoms with Crippen molar-refractivity contribution in [3.8, 4) is 0 Å². The molecule has 0 bridgehead atoms. The number of hydrogen-bond donors (Lipinski definition) is 1. The lowest BCUT2D eigenvalue weighted by molar-refractivity contribution is -0.130. The van der Waals surface area contributed by atoms with Gasteiger partial charge in [0.25, 0.3) is 5.91 Å². The number of aromatic nitrogens is 1. The number of amides is 2. The fourth-order valence-corrected chi connectivity index (χ4v) is 2.14. The van der Waals surface area contributed by atoms with E-state index < -0.39 is 6.04 Å². The quantitative estimate of drug-likeness (QED) is 0.834. The molecular formula is C13H16ClN3O3. The fourth-order valence-electron chi connectivity index (χ4n) is 2.02. The van der Waals surface area contributed by atoms with E-state index in [1.165, 1.54) is 11.1 Å². The Hall–Kier alpha value is -1.66. The van der Waals surface area contributed by atoms with Crippen LogP contribution in [0.3, 0.4) is 0 Å². The molecule has 1 unspecified atom stereocenters. The van der Waals surface area contributed by atoms with E-state index in [1.807, 2.05) is 6.92 Å². The van der Waals surface area contributed by atoms with Gasteiger partial charge in [0.1, 0.15) is 11.2 Å². The van der Waals surface area contributed by atoms with E-state index in [0.29, 0.717) is 30.4 Å². The maximum Gasteiger partial charge on any atom is 0.256 e. The number of ether oxygens (including phenoxy) is 1. The van der Waals surface area contributed by atoms with Crippen LogP contribution < -0.4 is 5.32 Å². The first-order valence-corrected chi connectivity index (χ1v) is 6.79. The molecule has 1 atom stereocenters. The van der Waals surface area contributed by atoms with Crippen molar-refractivity contribution in [2.45, 2.75) is 13.0 Å². The molecule has 0 aromatic carbocycles. The summed E-state index contributed by atoms with van der Waals surface area (Å²) in [6.45, 7) is 3.35. The van der Waals surface area contributed by atoms with E-state index in [-0.39, 0.29) is 18.4 Å². The van der Waals surface area contributed by atoms with Crippen molar-refractivity contribution in [1.29, 1.82) is 0 Å². The molecule has 6 nitrogen and oxygen atoms in total. The Morgan fingerprint density at radius 2 is 2.35 bits per heavy atom. The molecule has 2 amide bonds. The smallest absolute Gasteiger partial charge is 0.256 e. The van der Waals surface area contributed by atoms with Gasteiger partial charge in [-0.25, -0.2) is 4.98 Å². The van der Waals surface area contributed by atoms with Crippen molar-refractivity contribution in [1.82, 2.24) is 15.2 Å². The number of morpholine rings is 1. The highest BCUT2D eigenvalue weighted by Gasteiger charge is 2.33. The number of likely N-dealkylation sites (N-methyl/N-ethyl adjacent to an activating group) is 1. The van der Waals surface area contributed by atoms with Crippen LogP contribution in [0.25, 0.3) is 0 Å². The first kappa shape index (κ1) is 14.7. The number of nitrogens with zero attached hydrogens (tertiary/aromatic N) is 2. The summed E-state index contributed by atoms with van der Waals surface area (Å²) >= 11 is 5.70. The van der Waals surface area contributed by atoms with Crippen LogP contribution >= 0.6 is 11.6 Å². The van der Waals surface area contributed by atoms with Gasteiger partial charge in [-0.3, -0.25) is 9.59 Å². The molecule has 1 aromatic rings. The third kappa shape index (κ3) is 3.26. The highest BCUT2D eigenvalue weighted by atomic mass is 35.5.